The van der Waals surface area contributed by atoms with Crippen molar-refractivity contribution < 1.29 is 0 Å². The van der Waals surface area contributed by atoms with E-state index in [1.807, 2.05) is 0 Å². The van der Waals surface area contributed by atoms with Crippen LogP contribution < -0.4 is 4.90 Å². The molecule has 1 heteroatoms. The molecule has 54 heavy (non-hydrogen) atoms. The fourth-order valence-electron chi connectivity index (χ4n) is 8.82. The average molecular weight is 690 g/mol. The number of hydrogen-bond donors (Lipinski definition) is 0. The molecule has 0 heterocycles. The van der Waals surface area contributed by atoms with Crippen LogP contribution in [0, 0.1) is 0 Å². The number of benzene rings is 9. The van der Waals surface area contributed by atoms with E-state index in [2.05, 4.69) is 219 Å². The van der Waals surface area contributed by atoms with Crippen LogP contribution in [-0.4, -0.2) is 0 Å². The molecule has 1 nitrogen and oxygen atoms in total. The van der Waals surface area contributed by atoms with E-state index < -0.39 is 0 Å². The molecule has 1 aliphatic carbocycles. The Morgan fingerprint density at radius 1 is 0.352 bits per heavy atom. The first-order valence-corrected chi connectivity index (χ1v) is 18.9. The zero-order chi connectivity index (χ0) is 36.2. The van der Waals surface area contributed by atoms with Gasteiger partial charge in [-0.1, -0.05) is 184 Å². The van der Waals surface area contributed by atoms with Gasteiger partial charge in [0.05, 0.1) is 11.4 Å². The fraction of sp³-hybridized carbons (Fsp3) is 0.0566. The molecule has 0 aliphatic heterocycles. The zero-order valence-electron chi connectivity index (χ0n) is 30.5. The van der Waals surface area contributed by atoms with Crippen molar-refractivity contribution in [1.29, 1.82) is 0 Å². The Kier molecular flexibility index (Phi) is 7.56. The van der Waals surface area contributed by atoms with Gasteiger partial charge in [-0.25, -0.2) is 0 Å². The summed E-state index contributed by atoms with van der Waals surface area (Å²) < 4.78 is 0. The molecule has 9 aromatic rings. The molecule has 0 amide bonds. The largest absolute Gasteiger partial charge is 0.309 e. The predicted octanol–water partition coefficient (Wildman–Crippen LogP) is 14.8. The smallest absolute Gasteiger partial charge is 0.0543 e. The topological polar surface area (TPSA) is 3.24 Å². The molecule has 10 rings (SSSR count). The van der Waals surface area contributed by atoms with Gasteiger partial charge >= 0.3 is 0 Å². The summed E-state index contributed by atoms with van der Waals surface area (Å²) in [4.78, 5) is 2.50. The first kappa shape index (κ1) is 32.0. The molecule has 0 unspecified atom stereocenters. The molecule has 0 aromatic heterocycles. The van der Waals surface area contributed by atoms with Gasteiger partial charge in [0.2, 0.25) is 0 Å². The summed E-state index contributed by atoms with van der Waals surface area (Å²) in [5, 5.41) is 4.99. The van der Waals surface area contributed by atoms with E-state index in [-0.39, 0.29) is 5.41 Å². The van der Waals surface area contributed by atoms with Crippen molar-refractivity contribution in [3.05, 3.63) is 211 Å². The Labute approximate surface area is 317 Å². The summed E-state index contributed by atoms with van der Waals surface area (Å²) >= 11 is 0. The minimum Gasteiger partial charge on any atom is -0.309 e. The SMILES string of the molecule is CC1(C)c2ccccc2-c2c(N(c3ccc(-c4ccc5ccccc5c4)cc3)c3ccccc3-c3cccc4cccc(-c5ccccc5)c34)cccc21. The van der Waals surface area contributed by atoms with Crippen molar-refractivity contribution >= 4 is 38.6 Å². The Morgan fingerprint density at radius 2 is 0.926 bits per heavy atom. The van der Waals surface area contributed by atoms with Crippen LogP contribution >= 0.6 is 0 Å². The molecule has 0 bridgehead atoms. The van der Waals surface area contributed by atoms with E-state index >= 15 is 0 Å². The zero-order valence-corrected chi connectivity index (χ0v) is 30.5. The van der Waals surface area contributed by atoms with Crippen LogP contribution in [0.2, 0.25) is 0 Å². The first-order chi connectivity index (χ1) is 26.6. The van der Waals surface area contributed by atoms with E-state index in [0.29, 0.717) is 0 Å². The Morgan fingerprint density at radius 3 is 1.74 bits per heavy atom. The maximum absolute atomic E-state index is 2.50. The van der Waals surface area contributed by atoms with Gasteiger partial charge in [0.15, 0.2) is 0 Å². The van der Waals surface area contributed by atoms with E-state index in [0.717, 1.165) is 11.4 Å². The third kappa shape index (κ3) is 5.16. The maximum Gasteiger partial charge on any atom is 0.0543 e. The van der Waals surface area contributed by atoms with Gasteiger partial charge in [-0.15, -0.1) is 0 Å². The molecular formula is C53H39N. The van der Waals surface area contributed by atoms with Crippen LogP contribution in [0.4, 0.5) is 17.1 Å². The van der Waals surface area contributed by atoms with Gasteiger partial charge in [0.25, 0.3) is 0 Å². The highest BCUT2D eigenvalue weighted by atomic mass is 15.1. The normalized spacial score (nSPS) is 12.8. The fourth-order valence-corrected chi connectivity index (χ4v) is 8.82. The number of para-hydroxylation sites is 1. The van der Waals surface area contributed by atoms with Gasteiger partial charge in [-0.2, -0.15) is 0 Å². The molecular weight excluding hydrogens is 651 g/mol. The first-order valence-electron chi connectivity index (χ1n) is 18.9. The second kappa shape index (κ2) is 12.8. The summed E-state index contributed by atoms with van der Waals surface area (Å²) in [5.41, 5.74) is 15.9. The number of rotatable bonds is 6. The minimum absolute atomic E-state index is 0.118. The van der Waals surface area contributed by atoms with Gasteiger partial charge in [0, 0.05) is 22.2 Å². The van der Waals surface area contributed by atoms with E-state index in [1.165, 1.54) is 82.9 Å². The van der Waals surface area contributed by atoms with E-state index in [9.17, 15) is 0 Å². The second-order valence-electron chi connectivity index (χ2n) is 14.9. The van der Waals surface area contributed by atoms with Gasteiger partial charge in [-0.3, -0.25) is 0 Å². The van der Waals surface area contributed by atoms with Crippen molar-refractivity contribution in [2.75, 3.05) is 4.90 Å². The average Bonchev–Trinajstić information content (AvgIpc) is 3.47. The molecule has 1 aliphatic rings. The highest BCUT2D eigenvalue weighted by molar-refractivity contribution is 6.09. The van der Waals surface area contributed by atoms with Crippen molar-refractivity contribution in [3.63, 3.8) is 0 Å². The summed E-state index contributed by atoms with van der Waals surface area (Å²) in [7, 11) is 0. The van der Waals surface area contributed by atoms with Gasteiger partial charge < -0.3 is 4.90 Å². The van der Waals surface area contributed by atoms with Crippen LogP contribution in [0.1, 0.15) is 25.0 Å². The second-order valence-corrected chi connectivity index (χ2v) is 14.9. The van der Waals surface area contributed by atoms with Crippen LogP contribution in [0.15, 0.2) is 200 Å². The summed E-state index contributed by atoms with van der Waals surface area (Å²) in [6.07, 6.45) is 0. The molecule has 0 fully saturated rings. The van der Waals surface area contributed by atoms with Gasteiger partial charge in [0.1, 0.15) is 0 Å². The summed E-state index contributed by atoms with van der Waals surface area (Å²) in [6.45, 7) is 4.72. The number of hydrogen-bond acceptors (Lipinski definition) is 1. The molecule has 0 N–H and O–H groups in total. The van der Waals surface area contributed by atoms with Gasteiger partial charge in [-0.05, 0) is 96.4 Å². The molecule has 0 saturated heterocycles. The van der Waals surface area contributed by atoms with Crippen LogP contribution in [-0.2, 0) is 5.41 Å². The third-order valence-electron chi connectivity index (χ3n) is 11.5. The predicted molar refractivity (Wildman–Crippen MR) is 230 cm³/mol. The Balaban J connectivity index is 1.21. The summed E-state index contributed by atoms with van der Waals surface area (Å²) in [5.74, 6) is 0. The molecule has 0 radical (unpaired) electrons. The lowest BCUT2D eigenvalue weighted by Gasteiger charge is -2.31. The monoisotopic (exact) mass is 689 g/mol. The highest BCUT2D eigenvalue weighted by Gasteiger charge is 2.38. The van der Waals surface area contributed by atoms with Crippen LogP contribution in [0.5, 0.6) is 0 Å². The minimum atomic E-state index is -0.118. The number of fused-ring (bicyclic) bond motifs is 5. The highest BCUT2D eigenvalue weighted by Crippen LogP contribution is 2.55. The van der Waals surface area contributed by atoms with Crippen molar-refractivity contribution in [2.45, 2.75) is 19.3 Å². The van der Waals surface area contributed by atoms with Crippen molar-refractivity contribution in [1.82, 2.24) is 0 Å². The number of nitrogens with zero attached hydrogens (tertiary/aromatic N) is 1. The van der Waals surface area contributed by atoms with Crippen LogP contribution in [0.25, 0.3) is 66.1 Å². The standard InChI is InChI=1S/C53H39N/c1-53(2)47-25-10-8-22-46(47)52-48(53)26-14-28-50(52)54(42-33-31-37(32-34-42)41-30-29-36-15-6-7-18-40(36)35-41)49-27-11-9-21-44(49)45-24-13-20-39-19-12-23-43(51(39)45)38-16-4-3-5-17-38/h3-35H,1-2H3. The van der Waals surface area contributed by atoms with Crippen LogP contribution in [0.3, 0.4) is 0 Å². The Bertz CT molecular complexity index is 2840. The quantitative estimate of drug-likeness (QED) is 0.168. The summed E-state index contributed by atoms with van der Waals surface area (Å²) in [6, 6.07) is 73.4. The lowest BCUT2D eigenvalue weighted by atomic mass is 9.82. The molecule has 0 saturated carbocycles. The lowest BCUT2D eigenvalue weighted by Crippen LogP contribution is -2.16. The molecule has 256 valence electrons. The van der Waals surface area contributed by atoms with Crippen molar-refractivity contribution in [2.24, 2.45) is 0 Å². The Hall–Kier alpha value is -6.70. The lowest BCUT2D eigenvalue weighted by molar-refractivity contribution is 0.660. The van der Waals surface area contributed by atoms with E-state index in [4.69, 9.17) is 0 Å². The van der Waals surface area contributed by atoms with Crippen molar-refractivity contribution in [3.8, 4) is 44.5 Å². The number of anilines is 3. The third-order valence-corrected chi connectivity index (χ3v) is 11.5. The van der Waals surface area contributed by atoms with E-state index in [1.54, 1.807) is 0 Å². The molecule has 9 aromatic carbocycles. The molecule has 0 spiro atoms. The molecule has 0 atom stereocenters. The maximum atomic E-state index is 2.50.